The Balaban J connectivity index is 1.79. The van der Waals surface area contributed by atoms with Crippen molar-refractivity contribution in [1.29, 1.82) is 0 Å². The maximum absolute atomic E-state index is 10.7. The van der Waals surface area contributed by atoms with Crippen LogP contribution in [-0.2, 0) is 4.79 Å². The zero-order chi connectivity index (χ0) is 10.9. The number of hydrogen-bond acceptors (Lipinski definition) is 3. The van der Waals surface area contributed by atoms with Gasteiger partial charge in [-0.3, -0.25) is 4.79 Å². The first-order valence-electron chi connectivity index (χ1n) is 5.72. The third-order valence-electron chi connectivity index (χ3n) is 3.64. The van der Waals surface area contributed by atoms with Crippen LogP contribution in [-0.4, -0.2) is 60.6 Å². The molecule has 0 bridgehead atoms. The second-order valence-electron chi connectivity index (χ2n) is 5.15. The zero-order valence-corrected chi connectivity index (χ0v) is 9.41. The van der Waals surface area contributed by atoms with Crippen LogP contribution in [0.25, 0.3) is 0 Å². The van der Waals surface area contributed by atoms with Crippen LogP contribution >= 0.6 is 0 Å². The average Bonchev–Trinajstić information content (AvgIpc) is 2.88. The van der Waals surface area contributed by atoms with Crippen LogP contribution in [0.1, 0.15) is 19.3 Å². The molecule has 2 aliphatic rings. The maximum atomic E-state index is 10.7. The van der Waals surface area contributed by atoms with Crippen LogP contribution in [0.2, 0.25) is 0 Å². The highest BCUT2D eigenvalue weighted by molar-refractivity contribution is 5.68. The fourth-order valence-electron chi connectivity index (χ4n) is 2.37. The monoisotopic (exact) mass is 212 g/mol. The van der Waals surface area contributed by atoms with Gasteiger partial charge in [0.15, 0.2) is 0 Å². The number of hydrogen-bond donors (Lipinski definition) is 1. The molecule has 1 aliphatic heterocycles. The summed E-state index contributed by atoms with van der Waals surface area (Å²) in [5, 5.41) is 8.83. The van der Waals surface area contributed by atoms with Crippen LogP contribution in [0.5, 0.6) is 0 Å². The van der Waals surface area contributed by atoms with Crippen LogP contribution in [0.3, 0.4) is 0 Å². The zero-order valence-electron chi connectivity index (χ0n) is 9.41. The largest absolute Gasteiger partial charge is 0.481 e. The summed E-state index contributed by atoms with van der Waals surface area (Å²) >= 11 is 0. The van der Waals surface area contributed by atoms with E-state index >= 15 is 0 Å². The summed E-state index contributed by atoms with van der Waals surface area (Å²) in [7, 11) is 2.14. The van der Waals surface area contributed by atoms with Crippen molar-refractivity contribution in [1.82, 2.24) is 9.80 Å². The highest BCUT2D eigenvalue weighted by Gasteiger charge is 2.45. The third-order valence-corrected chi connectivity index (χ3v) is 3.64. The van der Waals surface area contributed by atoms with Crippen molar-refractivity contribution >= 4 is 5.97 Å². The van der Waals surface area contributed by atoms with Gasteiger partial charge >= 0.3 is 5.97 Å². The molecule has 86 valence electrons. The van der Waals surface area contributed by atoms with E-state index < -0.39 is 5.97 Å². The molecule has 1 aliphatic carbocycles. The molecule has 0 aromatic carbocycles. The fraction of sp³-hybridized carbons (Fsp3) is 0.909. The van der Waals surface area contributed by atoms with Crippen molar-refractivity contribution in [3.63, 3.8) is 0 Å². The van der Waals surface area contributed by atoms with E-state index in [2.05, 4.69) is 16.8 Å². The van der Waals surface area contributed by atoms with Crippen molar-refractivity contribution in [2.24, 2.45) is 5.41 Å². The molecule has 0 amide bonds. The standard InChI is InChI=1S/C11H20N2O2/c1-12-4-6-13(7-5-12)9-11(2-3-11)8-10(14)15/h2-9H2,1H3,(H,14,15). The average molecular weight is 212 g/mol. The molecular formula is C11H20N2O2. The number of carboxylic acid groups (broad SMARTS) is 1. The van der Waals surface area contributed by atoms with Crippen molar-refractivity contribution in [2.75, 3.05) is 39.8 Å². The van der Waals surface area contributed by atoms with Gasteiger partial charge < -0.3 is 14.9 Å². The number of likely N-dealkylation sites (N-methyl/N-ethyl adjacent to an activating group) is 1. The lowest BCUT2D eigenvalue weighted by molar-refractivity contribution is -0.138. The van der Waals surface area contributed by atoms with E-state index in [1.807, 2.05) is 0 Å². The predicted octanol–water partition coefficient (Wildman–Crippen LogP) is 0.489. The summed E-state index contributed by atoms with van der Waals surface area (Å²) in [6.45, 7) is 5.41. The fourth-order valence-corrected chi connectivity index (χ4v) is 2.37. The Hall–Kier alpha value is -0.610. The highest BCUT2D eigenvalue weighted by atomic mass is 16.4. The summed E-state index contributed by atoms with van der Waals surface area (Å²) in [5.74, 6) is -0.637. The van der Waals surface area contributed by atoms with Gasteiger partial charge in [-0.15, -0.1) is 0 Å². The summed E-state index contributed by atoms with van der Waals surface area (Å²) in [6, 6.07) is 0. The number of rotatable bonds is 4. The lowest BCUT2D eigenvalue weighted by Gasteiger charge is -2.34. The molecule has 4 heteroatoms. The SMILES string of the molecule is CN1CCN(CC2(CC(=O)O)CC2)CC1. The summed E-state index contributed by atoms with van der Waals surface area (Å²) in [6.07, 6.45) is 2.57. The Morgan fingerprint density at radius 3 is 2.33 bits per heavy atom. The molecular weight excluding hydrogens is 192 g/mol. The molecule has 0 aromatic rings. The molecule has 1 saturated carbocycles. The van der Waals surface area contributed by atoms with Crippen LogP contribution in [0, 0.1) is 5.41 Å². The number of carbonyl (C=O) groups is 1. The first kappa shape index (κ1) is 10.9. The third kappa shape index (κ3) is 2.92. The molecule has 4 nitrogen and oxygen atoms in total. The van der Waals surface area contributed by atoms with Crippen LogP contribution < -0.4 is 0 Å². The van der Waals surface area contributed by atoms with E-state index in [0.29, 0.717) is 6.42 Å². The van der Waals surface area contributed by atoms with Gasteiger partial charge in [-0.05, 0) is 25.3 Å². The first-order valence-corrected chi connectivity index (χ1v) is 5.72. The number of nitrogens with zero attached hydrogens (tertiary/aromatic N) is 2. The molecule has 2 fully saturated rings. The minimum atomic E-state index is -0.637. The number of piperazine rings is 1. The van der Waals surface area contributed by atoms with Crippen molar-refractivity contribution in [3.8, 4) is 0 Å². The minimum Gasteiger partial charge on any atom is -0.481 e. The van der Waals surface area contributed by atoms with Crippen molar-refractivity contribution in [2.45, 2.75) is 19.3 Å². The molecule has 0 spiro atoms. The Morgan fingerprint density at radius 1 is 1.27 bits per heavy atom. The van der Waals surface area contributed by atoms with E-state index in [4.69, 9.17) is 5.11 Å². The molecule has 0 atom stereocenters. The predicted molar refractivity (Wildman–Crippen MR) is 57.9 cm³/mol. The quantitative estimate of drug-likeness (QED) is 0.736. The van der Waals surface area contributed by atoms with Gasteiger partial charge in [0.05, 0.1) is 6.42 Å². The molecule has 1 saturated heterocycles. The smallest absolute Gasteiger partial charge is 0.303 e. The Bertz CT molecular complexity index is 243. The van der Waals surface area contributed by atoms with Gasteiger partial charge in [-0.25, -0.2) is 0 Å². The van der Waals surface area contributed by atoms with Gasteiger partial charge in [0.1, 0.15) is 0 Å². The van der Waals surface area contributed by atoms with Crippen LogP contribution in [0.4, 0.5) is 0 Å². The summed E-state index contributed by atoms with van der Waals surface area (Å²) in [4.78, 5) is 15.5. The second-order valence-corrected chi connectivity index (χ2v) is 5.15. The van der Waals surface area contributed by atoms with E-state index in [-0.39, 0.29) is 5.41 Å². The normalized spacial score (nSPS) is 26.5. The van der Waals surface area contributed by atoms with Gasteiger partial charge in [-0.2, -0.15) is 0 Å². The Morgan fingerprint density at radius 2 is 1.87 bits per heavy atom. The van der Waals surface area contributed by atoms with Gasteiger partial charge in [0.25, 0.3) is 0 Å². The minimum absolute atomic E-state index is 0.127. The maximum Gasteiger partial charge on any atom is 0.303 e. The Kier molecular flexibility index (Phi) is 2.98. The highest BCUT2D eigenvalue weighted by Crippen LogP contribution is 2.49. The lowest BCUT2D eigenvalue weighted by Crippen LogP contribution is -2.46. The van der Waals surface area contributed by atoms with Gasteiger partial charge in [0, 0.05) is 32.7 Å². The molecule has 0 aromatic heterocycles. The van der Waals surface area contributed by atoms with E-state index in [9.17, 15) is 4.79 Å². The van der Waals surface area contributed by atoms with E-state index in [1.54, 1.807) is 0 Å². The van der Waals surface area contributed by atoms with Crippen LogP contribution in [0.15, 0.2) is 0 Å². The molecule has 15 heavy (non-hydrogen) atoms. The topological polar surface area (TPSA) is 43.8 Å². The van der Waals surface area contributed by atoms with Gasteiger partial charge in [-0.1, -0.05) is 0 Å². The van der Waals surface area contributed by atoms with Crippen molar-refractivity contribution < 1.29 is 9.90 Å². The second kappa shape index (κ2) is 4.10. The number of aliphatic carboxylic acids is 1. The molecule has 0 radical (unpaired) electrons. The van der Waals surface area contributed by atoms with Gasteiger partial charge in [0.2, 0.25) is 0 Å². The first-order chi connectivity index (χ1) is 7.10. The van der Waals surface area contributed by atoms with E-state index in [0.717, 1.165) is 45.6 Å². The molecule has 2 rings (SSSR count). The molecule has 1 N–H and O–H groups in total. The lowest BCUT2D eigenvalue weighted by atomic mass is 10.0. The van der Waals surface area contributed by atoms with Crippen molar-refractivity contribution in [3.05, 3.63) is 0 Å². The molecule has 1 heterocycles. The van der Waals surface area contributed by atoms with E-state index in [1.165, 1.54) is 0 Å². The summed E-state index contributed by atoms with van der Waals surface area (Å²) < 4.78 is 0. The Labute approximate surface area is 90.9 Å². The molecule has 0 unspecified atom stereocenters. The summed E-state index contributed by atoms with van der Waals surface area (Å²) in [5.41, 5.74) is 0.127. The number of carboxylic acids is 1.